The summed E-state index contributed by atoms with van der Waals surface area (Å²) in [6.07, 6.45) is 1.26. The first-order valence-corrected chi connectivity index (χ1v) is 8.66. The monoisotopic (exact) mass is 389 g/mol. The van der Waals surface area contributed by atoms with Gasteiger partial charge < -0.3 is 5.32 Å². The van der Waals surface area contributed by atoms with Crippen molar-refractivity contribution in [1.29, 1.82) is 0 Å². The second kappa shape index (κ2) is 6.74. The Kier molecular flexibility index (Phi) is 5.21. The van der Waals surface area contributed by atoms with Gasteiger partial charge in [0.2, 0.25) is 10.0 Å². The largest absolute Gasteiger partial charge is 0.372 e. The number of aromatic nitrogens is 1. The van der Waals surface area contributed by atoms with Crippen molar-refractivity contribution in [3.8, 4) is 0 Å². The van der Waals surface area contributed by atoms with Crippen molar-refractivity contribution in [2.75, 3.05) is 12.4 Å². The Morgan fingerprint density at radius 3 is 2.67 bits per heavy atom. The van der Waals surface area contributed by atoms with Crippen LogP contribution in [0.15, 0.2) is 45.9 Å². The van der Waals surface area contributed by atoms with Crippen LogP contribution in [0.25, 0.3) is 0 Å². The van der Waals surface area contributed by atoms with E-state index >= 15 is 0 Å². The van der Waals surface area contributed by atoms with Crippen LogP contribution in [0.1, 0.15) is 5.56 Å². The quantitative estimate of drug-likeness (QED) is 0.823. The van der Waals surface area contributed by atoms with Gasteiger partial charge >= 0.3 is 0 Å². The van der Waals surface area contributed by atoms with E-state index < -0.39 is 10.0 Å². The van der Waals surface area contributed by atoms with Gasteiger partial charge in [-0.3, -0.25) is 0 Å². The Balaban J connectivity index is 2.19. The van der Waals surface area contributed by atoms with Gasteiger partial charge in [-0.15, -0.1) is 0 Å². The third-order valence-corrected chi connectivity index (χ3v) is 5.20. The molecule has 1 heterocycles. The molecule has 0 unspecified atom stereocenters. The molecule has 21 heavy (non-hydrogen) atoms. The summed E-state index contributed by atoms with van der Waals surface area (Å²) >= 11 is 9.33. The number of benzene rings is 1. The number of nitrogens with one attached hydrogen (secondary N) is 2. The summed E-state index contributed by atoms with van der Waals surface area (Å²) in [4.78, 5) is 3.99. The van der Waals surface area contributed by atoms with Crippen LogP contribution in [0.5, 0.6) is 0 Å². The van der Waals surface area contributed by atoms with E-state index in [0.717, 1.165) is 10.0 Å². The fraction of sp³-hybridized carbons (Fsp3) is 0.154. The molecule has 2 aromatic rings. The molecule has 0 saturated carbocycles. The van der Waals surface area contributed by atoms with Crippen molar-refractivity contribution in [2.45, 2.75) is 11.4 Å². The summed E-state index contributed by atoms with van der Waals surface area (Å²) in [5.41, 5.74) is 0.840. The lowest BCUT2D eigenvalue weighted by molar-refractivity contribution is 0.581. The van der Waals surface area contributed by atoms with Gasteiger partial charge in [-0.2, -0.15) is 0 Å². The minimum atomic E-state index is -3.67. The van der Waals surface area contributed by atoms with Gasteiger partial charge in [-0.05, 0) is 17.7 Å². The first-order valence-electron chi connectivity index (χ1n) is 6.00. The summed E-state index contributed by atoms with van der Waals surface area (Å²) in [5, 5.41) is 3.03. The first kappa shape index (κ1) is 16.2. The second-order valence-electron chi connectivity index (χ2n) is 4.17. The lowest BCUT2D eigenvalue weighted by Crippen LogP contribution is -2.23. The van der Waals surface area contributed by atoms with E-state index in [1.54, 1.807) is 7.05 Å². The summed E-state index contributed by atoms with van der Waals surface area (Å²) in [7, 11) is -2.01. The highest BCUT2D eigenvalue weighted by Crippen LogP contribution is 2.22. The van der Waals surface area contributed by atoms with E-state index in [-0.39, 0.29) is 16.5 Å². The zero-order chi connectivity index (χ0) is 15.5. The molecule has 2 rings (SSSR count). The summed E-state index contributed by atoms with van der Waals surface area (Å²) < 4.78 is 27.8. The fourth-order valence-corrected chi connectivity index (χ4v) is 3.38. The van der Waals surface area contributed by atoms with Crippen LogP contribution in [-0.4, -0.2) is 20.4 Å². The molecule has 0 aliphatic rings. The lowest BCUT2D eigenvalue weighted by atomic mass is 10.2. The highest BCUT2D eigenvalue weighted by Gasteiger charge is 2.16. The van der Waals surface area contributed by atoms with Crippen LogP contribution in [-0.2, 0) is 16.6 Å². The van der Waals surface area contributed by atoms with Crippen molar-refractivity contribution in [1.82, 2.24) is 9.71 Å². The van der Waals surface area contributed by atoms with E-state index in [4.69, 9.17) is 11.6 Å². The topological polar surface area (TPSA) is 71.1 Å². The normalized spacial score (nSPS) is 11.4. The molecule has 0 aliphatic carbocycles. The molecule has 5 nitrogen and oxygen atoms in total. The Labute approximate surface area is 136 Å². The highest BCUT2D eigenvalue weighted by molar-refractivity contribution is 9.10. The molecule has 0 spiro atoms. The molecule has 1 aromatic carbocycles. The Hall–Kier alpha value is -1.15. The van der Waals surface area contributed by atoms with Gasteiger partial charge in [0.05, 0.1) is 5.02 Å². The van der Waals surface area contributed by atoms with Gasteiger partial charge in [0, 0.05) is 24.3 Å². The molecule has 2 N–H and O–H groups in total. The number of pyridine rings is 1. The Morgan fingerprint density at radius 2 is 2.05 bits per heavy atom. The first-order chi connectivity index (χ1) is 9.94. The van der Waals surface area contributed by atoms with Crippen LogP contribution in [0.3, 0.4) is 0 Å². The standard InChI is InChI=1S/C13H13BrClN3O2S/c1-16-13-12(15)6-10(8-17-13)21(19,20)18-7-9-4-2-3-5-11(9)14/h2-6,8,18H,7H2,1H3,(H,16,17). The number of sulfonamides is 1. The SMILES string of the molecule is CNc1ncc(S(=O)(=O)NCc2ccccc2Br)cc1Cl. The number of hydrogen-bond donors (Lipinski definition) is 2. The van der Waals surface area contributed by atoms with Gasteiger partial charge in [0.1, 0.15) is 10.7 Å². The molecule has 0 fully saturated rings. The molecule has 0 atom stereocenters. The predicted molar refractivity (Wildman–Crippen MR) is 87.0 cm³/mol. The Bertz CT molecular complexity index is 753. The van der Waals surface area contributed by atoms with E-state index in [1.165, 1.54) is 12.3 Å². The number of rotatable bonds is 5. The molecule has 0 amide bonds. The third kappa shape index (κ3) is 3.94. The van der Waals surface area contributed by atoms with Crippen LogP contribution in [0, 0.1) is 0 Å². The van der Waals surface area contributed by atoms with Gasteiger partial charge in [-0.25, -0.2) is 18.1 Å². The van der Waals surface area contributed by atoms with Crippen molar-refractivity contribution in [3.63, 3.8) is 0 Å². The molecule has 0 bridgehead atoms. The summed E-state index contributed by atoms with van der Waals surface area (Å²) in [6, 6.07) is 8.76. The number of halogens is 2. The third-order valence-electron chi connectivity index (χ3n) is 2.77. The highest BCUT2D eigenvalue weighted by atomic mass is 79.9. The van der Waals surface area contributed by atoms with E-state index in [1.807, 2.05) is 24.3 Å². The zero-order valence-corrected chi connectivity index (χ0v) is 14.3. The maximum absolute atomic E-state index is 12.2. The summed E-state index contributed by atoms with van der Waals surface area (Å²) in [6.45, 7) is 0.176. The van der Waals surface area contributed by atoms with Crippen molar-refractivity contribution in [3.05, 3.63) is 51.6 Å². The maximum Gasteiger partial charge on any atom is 0.242 e. The smallest absolute Gasteiger partial charge is 0.242 e. The molecule has 0 radical (unpaired) electrons. The second-order valence-corrected chi connectivity index (χ2v) is 7.20. The average Bonchev–Trinajstić information content (AvgIpc) is 2.46. The number of hydrogen-bond acceptors (Lipinski definition) is 4. The molecule has 112 valence electrons. The van der Waals surface area contributed by atoms with E-state index in [2.05, 4.69) is 31.0 Å². The van der Waals surface area contributed by atoms with Crippen molar-refractivity contribution in [2.24, 2.45) is 0 Å². The lowest BCUT2D eigenvalue weighted by Gasteiger charge is -2.09. The summed E-state index contributed by atoms with van der Waals surface area (Å²) in [5.74, 6) is 0.432. The fourth-order valence-electron chi connectivity index (χ4n) is 1.65. The van der Waals surface area contributed by atoms with Crippen LogP contribution in [0.4, 0.5) is 5.82 Å². The van der Waals surface area contributed by atoms with Crippen molar-refractivity contribution < 1.29 is 8.42 Å². The minimum absolute atomic E-state index is 0.0264. The Morgan fingerprint density at radius 1 is 1.33 bits per heavy atom. The van der Waals surface area contributed by atoms with Gasteiger partial charge in [-0.1, -0.05) is 45.7 Å². The molecular weight excluding hydrogens is 378 g/mol. The van der Waals surface area contributed by atoms with E-state index in [9.17, 15) is 8.42 Å². The van der Waals surface area contributed by atoms with Crippen LogP contribution < -0.4 is 10.0 Å². The van der Waals surface area contributed by atoms with E-state index in [0.29, 0.717) is 5.82 Å². The maximum atomic E-state index is 12.2. The minimum Gasteiger partial charge on any atom is -0.372 e. The van der Waals surface area contributed by atoms with Gasteiger partial charge in [0.25, 0.3) is 0 Å². The van der Waals surface area contributed by atoms with Crippen LogP contribution in [0.2, 0.25) is 5.02 Å². The number of nitrogens with zero attached hydrogens (tertiary/aromatic N) is 1. The van der Waals surface area contributed by atoms with Crippen LogP contribution >= 0.6 is 27.5 Å². The van der Waals surface area contributed by atoms with Crippen molar-refractivity contribution >= 4 is 43.4 Å². The molecule has 1 aromatic heterocycles. The molecular formula is C13H13BrClN3O2S. The molecule has 0 aliphatic heterocycles. The molecule has 8 heteroatoms. The predicted octanol–water partition coefficient (Wildman–Crippen LogP) is 3.02. The molecule has 0 saturated heterocycles. The van der Waals surface area contributed by atoms with Gasteiger partial charge in [0.15, 0.2) is 0 Å². The zero-order valence-electron chi connectivity index (χ0n) is 11.1. The number of anilines is 1. The average molecular weight is 391 g/mol.